The molecule has 0 bridgehead atoms. The van der Waals surface area contributed by atoms with Gasteiger partial charge in [-0.05, 0) is 45.8 Å². The number of ether oxygens (including phenoxy) is 2. The summed E-state index contributed by atoms with van der Waals surface area (Å²) in [5, 5.41) is 3.42. The minimum absolute atomic E-state index is 0.0847. The number of carbonyl (C=O) groups excluding carboxylic acids is 1. The van der Waals surface area contributed by atoms with Crippen molar-refractivity contribution in [3.63, 3.8) is 0 Å². The molecule has 2 aromatic rings. The largest absolute Gasteiger partial charge is 0.493 e. The van der Waals surface area contributed by atoms with Crippen molar-refractivity contribution in [2.24, 2.45) is 0 Å². The van der Waals surface area contributed by atoms with Gasteiger partial charge in [-0.2, -0.15) is 0 Å². The van der Waals surface area contributed by atoms with Crippen molar-refractivity contribution >= 4 is 27.4 Å². The third-order valence-corrected chi connectivity index (χ3v) is 4.39. The third kappa shape index (κ3) is 2.57. The van der Waals surface area contributed by atoms with E-state index in [1.807, 2.05) is 36.4 Å². The Bertz CT molecular complexity index is 730. The molecule has 1 atom stereocenters. The number of Topliss-reactive ketones (excluding diaryl/α,β-unsaturated/α-hetero) is 1. The fraction of sp³-hybridized carbons (Fsp3) is 0.235. The smallest absolute Gasteiger partial charge is 0.174 e. The van der Waals surface area contributed by atoms with Gasteiger partial charge in [-0.15, -0.1) is 0 Å². The van der Waals surface area contributed by atoms with E-state index in [9.17, 15) is 4.79 Å². The number of ketones is 1. The molecule has 0 aromatic heterocycles. The molecule has 0 amide bonds. The Morgan fingerprint density at radius 2 is 1.95 bits per heavy atom. The highest BCUT2D eigenvalue weighted by atomic mass is 79.9. The maximum absolute atomic E-state index is 12.3. The fourth-order valence-corrected chi connectivity index (χ4v) is 3.35. The average molecular weight is 362 g/mol. The molecule has 0 fully saturated rings. The number of hydrogen-bond acceptors (Lipinski definition) is 4. The Labute approximate surface area is 137 Å². The lowest BCUT2D eigenvalue weighted by atomic mass is 9.92. The lowest BCUT2D eigenvalue weighted by molar-refractivity contribution is 0.0972. The van der Waals surface area contributed by atoms with Crippen molar-refractivity contribution in [1.82, 2.24) is 0 Å². The Morgan fingerprint density at radius 3 is 2.68 bits per heavy atom. The summed E-state index contributed by atoms with van der Waals surface area (Å²) in [6.45, 7) is 0. The van der Waals surface area contributed by atoms with Crippen LogP contribution in [-0.2, 0) is 0 Å². The van der Waals surface area contributed by atoms with Crippen LogP contribution in [0.25, 0.3) is 0 Å². The van der Waals surface area contributed by atoms with E-state index in [0.29, 0.717) is 17.9 Å². The van der Waals surface area contributed by atoms with Crippen molar-refractivity contribution in [1.29, 1.82) is 0 Å². The van der Waals surface area contributed by atoms with Crippen LogP contribution < -0.4 is 14.8 Å². The molecule has 0 radical (unpaired) electrons. The van der Waals surface area contributed by atoms with Gasteiger partial charge in [0.1, 0.15) is 0 Å². The van der Waals surface area contributed by atoms with Gasteiger partial charge in [0, 0.05) is 17.7 Å². The number of benzene rings is 2. The van der Waals surface area contributed by atoms with Crippen LogP contribution in [0.15, 0.2) is 40.9 Å². The maximum atomic E-state index is 12.3. The third-order valence-electron chi connectivity index (χ3n) is 3.80. The van der Waals surface area contributed by atoms with E-state index in [0.717, 1.165) is 21.3 Å². The summed E-state index contributed by atoms with van der Waals surface area (Å²) >= 11 is 3.49. The van der Waals surface area contributed by atoms with Gasteiger partial charge in [0.05, 0.1) is 24.7 Å². The molecule has 3 rings (SSSR count). The molecule has 0 saturated heterocycles. The fourth-order valence-electron chi connectivity index (χ4n) is 2.73. The summed E-state index contributed by atoms with van der Waals surface area (Å²) in [5.41, 5.74) is 2.60. The van der Waals surface area contributed by atoms with Gasteiger partial charge in [0.2, 0.25) is 0 Å². The van der Waals surface area contributed by atoms with Gasteiger partial charge in [-0.1, -0.05) is 12.1 Å². The summed E-state index contributed by atoms with van der Waals surface area (Å²) in [6.07, 6.45) is 0.416. The monoisotopic (exact) mass is 361 g/mol. The minimum Gasteiger partial charge on any atom is -0.493 e. The van der Waals surface area contributed by atoms with Crippen LogP contribution in [-0.4, -0.2) is 20.0 Å². The molecule has 0 aliphatic carbocycles. The Morgan fingerprint density at radius 1 is 1.18 bits per heavy atom. The van der Waals surface area contributed by atoms with Crippen LogP contribution in [0.5, 0.6) is 11.5 Å². The van der Waals surface area contributed by atoms with Crippen LogP contribution in [0.3, 0.4) is 0 Å². The molecule has 22 heavy (non-hydrogen) atoms. The first-order valence-electron chi connectivity index (χ1n) is 6.94. The molecule has 4 nitrogen and oxygen atoms in total. The normalized spacial score (nSPS) is 16.7. The maximum Gasteiger partial charge on any atom is 0.174 e. The highest BCUT2D eigenvalue weighted by molar-refractivity contribution is 9.10. The van der Waals surface area contributed by atoms with Gasteiger partial charge < -0.3 is 14.8 Å². The summed E-state index contributed by atoms with van der Waals surface area (Å²) in [4.78, 5) is 12.3. The van der Waals surface area contributed by atoms with Crippen LogP contribution in [0.2, 0.25) is 0 Å². The van der Waals surface area contributed by atoms with Crippen molar-refractivity contribution in [2.45, 2.75) is 12.5 Å². The van der Waals surface area contributed by atoms with E-state index in [1.54, 1.807) is 14.2 Å². The number of para-hydroxylation sites is 1. The molecule has 1 aliphatic rings. The first kappa shape index (κ1) is 14.9. The molecule has 0 spiro atoms. The summed E-state index contributed by atoms with van der Waals surface area (Å²) < 4.78 is 11.5. The molecule has 5 heteroatoms. The molecule has 1 N–H and O–H groups in total. The number of anilines is 1. The average Bonchev–Trinajstić information content (AvgIpc) is 2.54. The summed E-state index contributed by atoms with van der Waals surface area (Å²) in [6, 6.07) is 11.4. The summed E-state index contributed by atoms with van der Waals surface area (Å²) in [5.74, 6) is 1.43. The molecule has 1 unspecified atom stereocenters. The van der Waals surface area contributed by atoms with E-state index in [2.05, 4.69) is 21.2 Å². The topological polar surface area (TPSA) is 47.6 Å². The number of halogens is 1. The predicted octanol–water partition coefficient (Wildman–Crippen LogP) is 4.21. The first-order chi connectivity index (χ1) is 10.6. The zero-order valence-electron chi connectivity index (χ0n) is 12.4. The van der Waals surface area contributed by atoms with E-state index in [-0.39, 0.29) is 11.8 Å². The molecule has 1 aliphatic heterocycles. The first-order valence-corrected chi connectivity index (χ1v) is 7.73. The predicted molar refractivity (Wildman–Crippen MR) is 89.0 cm³/mol. The number of hydrogen-bond donors (Lipinski definition) is 1. The number of rotatable bonds is 3. The lowest BCUT2D eigenvalue weighted by Crippen LogP contribution is -2.22. The molecule has 0 saturated carbocycles. The lowest BCUT2D eigenvalue weighted by Gasteiger charge is -2.27. The SMILES string of the molecule is COc1cc(C2CC(=O)c3ccccc3N2)cc(Br)c1OC. The van der Waals surface area contributed by atoms with Gasteiger partial charge in [-0.3, -0.25) is 4.79 Å². The van der Waals surface area contributed by atoms with Crippen LogP contribution in [0.1, 0.15) is 28.4 Å². The Hall–Kier alpha value is -2.01. The molecular formula is C17H16BrNO3. The van der Waals surface area contributed by atoms with Crippen molar-refractivity contribution < 1.29 is 14.3 Å². The Kier molecular flexibility index (Phi) is 4.07. The van der Waals surface area contributed by atoms with Crippen LogP contribution in [0.4, 0.5) is 5.69 Å². The highest BCUT2D eigenvalue weighted by Gasteiger charge is 2.26. The molecule has 2 aromatic carbocycles. The van der Waals surface area contributed by atoms with Crippen molar-refractivity contribution in [2.75, 3.05) is 19.5 Å². The number of methoxy groups -OCH3 is 2. The van der Waals surface area contributed by atoms with E-state index < -0.39 is 0 Å². The van der Waals surface area contributed by atoms with E-state index in [1.165, 1.54) is 0 Å². The minimum atomic E-state index is -0.0847. The second-order valence-electron chi connectivity index (χ2n) is 5.11. The van der Waals surface area contributed by atoms with Crippen LogP contribution >= 0.6 is 15.9 Å². The number of carbonyl (C=O) groups is 1. The zero-order chi connectivity index (χ0) is 15.7. The van der Waals surface area contributed by atoms with Gasteiger partial charge >= 0.3 is 0 Å². The zero-order valence-corrected chi connectivity index (χ0v) is 13.9. The van der Waals surface area contributed by atoms with Crippen molar-refractivity contribution in [3.05, 3.63) is 52.0 Å². The van der Waals surface area contributed by atoms with Gasteiger partial charge in [-0.25, -0.2) is 0 Å². The second-order valence-corrected chi connectivity index (χ2v) is 5.96. The van der Waals surface area contributed by atoms with E-state index in [4.69, 9.17) is 9.47 Å². The summed E-state index contributed by atoms with van der Waals surface area (Å²) in [7, 11) is 3.20. The van der Waals surface area contributed by atoms with E-state index >= 15 is 0 Å². The van der Waals surface area contributed by atoms with Crippen LogP contribution in [0, 0.1) is 0 Å². The molecule has 114 valence electrons. The molecule has 1 heterocycles. The molecular weight excluding hydrogens is 346 g/mol. The quantitative estimate of drug-likeness (QED) is 0.889. The van der Waals surface area contributed by atoms with Gasteiger partial charge in [0.15, 0.2) is 17.3 Å². The highest BCUT2D eigenvalue weighted by Crippen LogP contribution is 2.40. The van der Waals surface area contributed by atoms with Gasteiger partial charge in [0.25, 0.3) is 0 Å². The standard InChI is InChI=1S/C17H16BrNO3/c1-21-16-8-10(7-12(18)17(16)22-2)14-9-15(20)11-5-3-4-6-13(11)19-14/h3-8,14,19H,9H2,1-2H3. The second kappa shape index (κ2) is 6.01. The van der Waals surface area contributed by atoms with Crippen molar-refractivity contribution in [3.8, 4) is 11.5 Å². The number of fused-ring (bicyclic) bond motifs is 1. The Balaban J connectivity index is 1.99. The number of nitrogens with one attached hydrogen (secondary N) is 1.